The van der Waals surface area contributed by atoms with Gasteiger partial charge in [-0.3, -0.25) is 4.79 Å². The number of carbonyl (C=O) groups is 2. The number of ether oxygens (including phenoxy) is 2. The standard InChI is InChI=1S/C19H24ClN3O6S2/c1-19(2,3)29-18(25)21-8-16(24)22-17-23(12-7-11(20)5-6-14(12)28-4)13-9-31(26,27)10-15(13)30-17/h5-7,13,15H,8-10H2,1-4H3,(H,21,25)/t13-,15-/m0/s1. The number of sulfone groups is 1. The molecule has 2 heterocycles. The summed E-state index contributed by atoms with van der Waals surface area (Å²) < 4.78 is 34.9. The molecule has 1 N–H and O–H groups in total. The first-order valence-electron chi connectivity index (χ1n) is 9.47. The number of benzene rings is 1. The Bertz CT molecular complexity index is 1020. The summed E-state index contributed by atoms with van der Waals surface area (Å²) in [5.74, 6) is -0.196. The highest BCUT2D eigenvalue weighted by Gasteiger charge is 2.50. The van der Waals surface area contributed by atoms with Gasteiger partial charge in [-0.15, -0.1) is 0 Å². The molecule has 9 nitrogen and oxygen atoms in total. The van der Waals surface area contributed by atoms with Crippen LogP contribution in [-0.4, -0.2) is 67.6 Å². The number of methoxy groups -OCH3 is 1. The number of nitrogens with one attached hydrogen (secondary N) is 1. The third kappa shape index (κ3) is 5.83. The Morgan fingerprint density at radius 2 is 2.03 bits per heavy atom. The van der Waals surface area contributed by atoms with Crippen molar-refractivity contribution in [2.75, 3.05) is 30.1 Å². The number of carbonyl (C=O) groups excluding carboxylic acids is 2. The lowest BCUT2D eigenvalue weighted by Crippen LogP contribution is -2.39. The molecule has 31 heavy (non-hydrogen) atoms. The van der Waals surface area contributed by atoms with E-state index in [2.05, 4.69) is 10.3 Å². The van der Waals surface area contributed by atoms with Crippen LogP contribution in [0.1, 0.15) is 20.8 Å². The van der Waals surface area contributed by atoms with Crippen molar-refractivity contribution < 1.29 is 27.5 Å². The van der Waals surface area contributed by atoms with E-state index < -0.39 is 33.5 Å². The Kier molecular flexibility index (Phi) is 6.78. The highest BCUT2D eigenvalue weighted by Crippen LogP contribution is 2.44. The van der Waals surface area contributed by atoms with Crippen molar-refractivity contribution in [2.45, 2.75) is 37.7 Å². The molecular formula is C19H24ClN3O6S2. The molecule has 2 amide bonds. The van der Waals surface area contributed by atoms with Crippen LogP contribution in [0.5, 0.6) is 5.75 Å². The fourth-order valence-corrected chi connectivity index (χ4v) is 7.40. The summed E-state index contributed by atoms with van der Waals surface area (Å²) in [6.07, 6.45) is -0.726. The second kappa shape index (κ2) is 8.87. The minimum atomic E-state index is -3.22. The fraction of sp³-hybridized carbons (Fsp3) is 0.526. The van der Waals surface area contributed by atoms with E-state index in [0.29, 0.717) is 21.6 Å². The predicted molar refractivity (Wildman–Crippen MR) is 121 cm³/mol. The Balaban J connectivity index is 1.86. The summed E-state index contributed by atoms with van der Waals surface area (Å²) in [4.78, 5) is 30.1. The summed E-state index contributed by atoms with van der Waals surface area (Å²) in [7, 11) is -1.73. The number of hydrogen-bond acceptors (Lipinski definition) is 7. The first-order valence-corrected chi connectivity index (χ1v) is 12.5. The minimum absolute atomic E-state index is 0.00885. The molecule has 0 aliphatic carbocycles. The lowest BCUT2D eigenvalue weighted by atomic mass is 10.2. The van der Waals surface area contributed by atoms with Gasteiger partial charge < -0.3 is 19.7 Å². The summed E-state index contributed by atoms with van der Waals surface area (Å²) in [5.41, 5.74) is -0.165. The molecule has 170 valence electrons. The number of amidine groups is 1. The lowest BCUT2D eigenvalue weighted by Gasteiger charge is -2.26. The lowest BCUT2D eigenvalue weighted by molar-refractivity contribution is -0.117. The topological polar surface area (TPSA) is 114 Å². The first-order chi connectivity index (χ1) is 14.4. The molecule has 0 unspecified atom stereocenters. The molecule has 1 aromatic rings. The molecule has 2 saturated heterocycles. The maximum absolute atomic E-state index is 12.4. The Labute approximate surface area is 190 Å². The van der Waals surface area contributed by atoms with Crippen molar-refractivity contribution in [3.05, 3.63) is 23.2 Å². The highest BCUT2D eigenvalue weighted by atomic mass is 35.5. The summed E-state index contributed by atoms with van der Waals surface area (Å²) >= 11 is 7.38. The molecule has 2 atom stereocenters. The average Bonchev–Trinajstić information content (AvgIpc) is 3.09. The van der Waals surface area contributed by atoms with Crippen LogP contribution in [0.3, 0.4) is 0 Å². The van der Waals surface area contributed by atoms with E-state index in [-0.39, 0.29) is 23.3 Å². The van der Waals surface area contributed by atoms with Crippen LogP contribution in [-0.2, 0) is 19.4 Å². The number of halogens is 1. The van der Waals surface area contributed by atoms with E-state index in [1.165, 1.54) is 18.9 Å². The molecule has 3 rings (SSSR count). The van der Waals surface area contributed by atoms with Crippen molar-refractivity contribution in [1.29, 1.82) is 0 Å². The van der Waals surface area contributed by atoms with Crippen molar-refractivity contribution in [3.63, 3.8) is 0 Å². The monoisotopic (exact) mass is 489 g/mol. The van der Waals surface area contributed by atoms with Gasteiger partial charge in [0.2, 0.25) is 0 Å². The molecule has 0 saturated carbocycles. The molecule has 12 heteroatoms. The molecule has 2 aliphatic heterocycles. The zero-order chi connectivity index (χ0) is 23.0. The molecule has 0 aromatic heterocycles. The van der Waals surface area contributed by atoms with E-state index in [1.54, 1.807) is 43.9 Å². The van der Waals surface area contributed by atoms with Gasteiger partial charge in [-0.1, -0.05) is 23.4 Å². The van der Waals surface area contributed by atoms with Crippen LogP contribution >= 0.6 is 23.4 Å². The Morgan fingerprint density at radius 3 is 2.68 bits per heavy atom. The van der Waals surface area contributed by atoms with Gasteiger partial charge in [0.25, 0.3) is 5.91 Å². The number of hydrogen-bond donors (Lipinski definition) is 1. The number of fused-ring (bicyclic) bond motifs is 1. The quantitative estimate of drug-likeness (QED) is 0.686. The van der Waals surface area contributed by atoms with Crippen LogP contribution in [0, 0.1) is 0 Å². The van der Waals surface area contributed by atoms with Crippen molar-refractivity contribution >= 4 is 56.1 Å². The van der Waals surface area contributed by atoms with Crippen LogP contribution in [0.15, 0.2) is 23.2 Å². The minimum Gasteiger partial charge on any atom is -0.495 e. The number of thioether (sulfide) groups is 1. The summed E-state index contributed by atoms with van der Waals surface area (Å²) in [6.45, 7) is 4.79. The largest absolute Gasteiger partial charge is 0.495 e. The van der Waals surface area contributed by atoms with E-state index in [9.17, 15) is 18.0 Å². The first kappa shape index (κ1) is 23.7. The van der Waals surface area contributed by atoms with Crippen molar-refractivity contribution in [2.24, 2.45) is 4.99 Å². The molecule has 0 bridgehead atoms. The molecule has 0 spiro atoms. The number of alkyl carbamates (subject to hydrolysis) is 1. The van der Waals surface area contributed by atoms with E-state index in [4.69, 9.17) is 21.1 Å². The second-order valence-corrected chi connectivity index (χ2v) is 11.9. The van der Waals surface area contributed by atoms with Gasteiger partial charge in [0.05, 0.1) is 30.3 Å². The smallest absolute Gasteiger partial charge is 0.408 e. The third-order valence-electron chi connectivity index (χ3n) is 4.47. The van der Waals surface area contributed by atoms with Gasteiger partial charge >= 0.3 is 6.09 Å². The predicted octanol–water partition coefficient (Wildman–Crippen LogP) is 2.47. The normalized spacial score (nSPS) is 23.5. The fourth-order valence-electron chi connectivity index (χ4n) is 3.31. The molecule has 1 aromatic carbocycles. The zero-order valence-corrected chi connectivity index (χ0v) is 19.9. The van der Waals surface area contributed by atoms with Gasteiger partial charge in [-0.25, -0.2) is 13.2 Å². The molecule has 2 fully saturated rings. The van der Waals surface area contributed by atoms with Crippen LogP contribution < -0.4 is 15.0 Å². The third-order valence-corrected chi connectivity index (χ3v) is 7.92. The van der Waals surface area contributed by atoms with Crippen LogP contribution in [0.4, 0.5) is 10.5 Å². The van der Waals surface area contributed by atoms with Crippen LogP contribution in [0.2, 0.25) is 5.02 Å². The molecule has 0 radical (unpaired) electrons. The van der Waals surface area contributed by atoms with Crippen molar-refractivity contribution in [3.8, 4) is 5.75 Å². The van der Waals surface area contributed by atoms with Gasteiger partial charge in [0.15, 0.2) is 15.0 Å². The zero-order valence-electron chi connectivity index (χ0n) is 17.5. The Morgan fingerprint density at radius 1 is 1.32 bits per heavy atom. The van der Waals surface area contributed by atoms with E-state index in [0.717, 1.165) is 0 Å². The van der Waals surface area contributed by atoms with Gasteiger partial charge in [-0.2, -0.15) is 4.99 Å². The highest BCUT2D eigenvalue weighted by molar-refractivity contribution is 8.16. The van der Waals surface area contributed by atoms with Gasteiger partial charge in [0.1, 0.15) is 17.9 Å². The van der Waals surface area contributed by atoms with Crippen molar-refractivity contribution in [1.82, 2.24) is 5.32 Å². The van der Waals surface area contributed by atoms with Crippen LogP contribution in [0.25, 0.3) is 0 Å². The molecule has 2 aliphatic rings. The number of amides is 2. The van der Waals surface area contributed by atoms with Gasteiger partial charge in [-0.05, 0) is 39.0 Å². The summed E-state index contributed by atoms with van der Waals surface area (Å²) in [5, 5.41) is 2.86. The van der Waals surface area contributed by atoms with E-state index >= 15 is 0 Å². The maximum atomic E-state index is 12.4. The SMILES string of the molecule is COc1ccc(Cl)cc1N1C(=NC(=O)CNC(=O)OC(C)(C)C)S[C@H]2CS(=O)(=O)C[C@@H]21. The molecular weight excluding hydrogens is 466 g/mol. The van der Waals surface area contributed by atoms with E-state index in [1.807, 2.05) is 0 Å². The number of rotatable bonds is 4. The second-order valence-electron chi connectivity index (χ2n) is 8.13. The van der Waals surface area contributed by atoms with Gasteiger partial charge in [0, 0.05) is 10.3 Å². The number of aliphatic imine (C=N–C) groups is 1. The number of nitrogens with zero attached hydrogens (tertiary/aromatic N) is 2. The Hall–Kier alpha value is -1.98. The summed E-state index contributed by atoms with van der Waals surface area (Å²) in [6, 6.07) is 4.56. The average molecular weight is 490 g/mol. The maximum Gasteiger partial charge on any atom is 0.408 e. The number of anilines is 1.